The Morgan fingerprint density at radius 1 is 1.17 bits per heavy atom. The molecule has 0 bridgehead atoms. The number of likely N-dealkylation sites (tertiary alicyclic amines) is 1. The summed E-state index contributed by atoms with van der Waals surface area (Å²) in [6.07, 6.45) is 1.95. The number of rotatable bonds is 2. The molecule has 0 saturated carbocycles. The molecule has 0 aliphatic carbocycles. The molecule has 3 aromatic rings. The Labute approximate surface area is 142 Å². The van der Waals surface area contributed by atoms with E-state index < -0.39 is 0 Å². The molecule has 23 heavy (non-hydrogen) atoms. The van der Waals surface area contributed by atoms with Crippen LogP contribution in [-0.4, -0.2) is 27.3 Å². The Bertz CT molecular complexity index is 823. The normalized spacial score (nSPS) is 17.8. The second kappa shape index (κ2) is 5.81. The minimum absolute atomic E-state index is 0.0264. The van der Waals surface area contributed by atoms with Crippen molar-refractivity contribution in [3.63, 3.8) is 0 Å². The zero-order chi connectivity index (χ0) is 15.8. The molecule has 1 saturated heterocycles. The lowest BCUT2D eigenvalue weighted by Crippen LogP contribution is -2.31. The van der Waals surface area contributed by atoms with Gasteiger partial charge in [-0.05, 0) is 49.2 Å². The van der Waals surface area contributed by atoms with Crippen LogP contribution < -0.4 is 0 Å². The van der Waals surface area contributed by atoms with E-state index in [1.165, 1.54) is 0 Å². The van der Waals surface area contributed by atoms with Crippen molar-refractivity contribution in [2.75, 3.05) is 6.54 Å². The molecule has 1 aromatic heterocycles. The highest BCUT2D eigenvalue weighted by atomic mass is 79.9. The van der Waals surface area contributed by atoms with Gasteiger partial charge in [0.1, 0.15) is 5.82 Å². The number of amides is 1. The van der Waals surface area contributed by atoms with Crippen molar-refractivity contribution in [1.29, 1.82) is 0 Å². The smallest absolute Gasteiger partial charge is 0.254 e. The summed E-state index contributed by atoms with van der Waals surface area (Å²) in [7, 11) is 0. The van der Waals surface area contributed by atoms with Crippen molar-refractivity contribution in [2.24, 2.45) is 0 Å². The third-order valence-electron chi connectivity index (χ3n) is 4.33. The van der Waals surface area contributed by atoms with Crippen LogP contribution >= 0.6 is 15.9 Å². The lowest BCUT2D eigenvalue weighted by molar-refractivity contribution is 0.0730. The van der Waals surface area contributed by atoms with Crippen LogP contribution in [-0.2, 0) is 0 Å². The van der Waals surface area contributed by atoms with E-state index in [2.05, 4.69) is 25.9 Å². The molecule has 0 radical (unpaired) electrons. The standard InChI is InChI=1S/C18H16BrN3O/c19-13-9-7-12(8-10-13)18(23)22-11-3-6-16(22)17-20-14-4-1-2-5-15(14)21-17/h1-2,4-5,7-10,16H,3,6,11H2,(H,20,21). The van der Waals surface area contributed by atoms with Crippen molar-refractivity contribution in [3.05, 3.63) is 64.4 Å². The molecule has 2 aromatic carbocycles. The highest BCUT2D eigenvalue weighted by Crippen LogP contribution is 2.32. The van der Waals surface area contributed by atoms with Crippen LogP contribution in [0.3, 0.4) is 0 Å². The van der Waals surface area contributed by atoms with Gasteiger partial charge in [0.2, 0.25) is 0 Å². The summed E-state index contributed by atoms with van der Waals surface area (Å²) < 4.78 is 0.976. The molecule has 2 heterocycles. The molecule has 1 aliphatic rings. The van der Waals surface area contributed by atoms with E-state index in [0.717, 1.165) is 46.3 Å². The summed E-state index contributed by atoms with van der Waals surface area (Å²) in [4.78, 5) is 22.8. The minimum atomic E-state index is 0.0264. The number of hydrogen-bond donors (Lipinski definition) is 1. The van der Waals surface area contributed by atoms with Crippen LogP contribution in [0.1, 0.15) is 35.1 Å². The molecule has 1 N–H and O–H groups in total. The second-order valence-corrected chi connectivity index (χ2v) is 6.72. The lowest BCUT2D eigenvalue weighted by Gasteiger charge is -2.23. The molecule has 0 spiro atoms. The molecule has 1 atom stereocenters. The number of aromatic amines is 1. The minimum Gasteiger partial charge on any atom is -0.340 e. The average Bonchev–Trinajstić information content (AvgIpc) is 3.21. The Morgan fingerprint density at radius 2 is 1.96 bits per heavy atom. The number of H-pyrrole nitrogens is 1. The largest absolute Gasteiger partial charge is 0.340 e. The quantitative estimate of drug-likeness (QED) is 0.731. The fourth-order valence-electron chi connectivity index (χ4n) is 3.18. The second-order valence-electron chi connectivity index (χ2n) is 5.80. The maximum Gasteiger partial charge on any atom is 0.254 e. The van der Waals surface area contributed by atoms with E-state index in [1.54, 1.807) is 0 Å². The van der Waals surface area contributed by atoms with Gasteiger partial charge in [0.05, 0.1) is 17.1 Å². The van der Waals surface area contributed by atoms with Crippen molar-refractivity contribution < 1.29 is 4.79 Å². The van der Waals surface area contributed by atoms with E-state index in [9.17, 15) is 4.79 Å². The zero-order valence-electron chi connectivity index (χ0n) is 12.5. The first-order valence-corrected chi connectivity index (χ1v) is 8.53. The number of carbonyl (C=O) groups excluding carboxylic acids is 1. The summed E-state index contributed by atoms with van der Waals surface area (Å²) in [5, 5.41) is 0. The molecule has 1 fully saturated rings. The Morgan fingerprint density at radius 3 is 2.74 bits per heavy atom. The van der Waals surface area contributed by atoms with Crippen LogP contribution in [0.5, 0.6) is 0 Å². The predicted molar refractivity (Wildman–Crippen MR) is 93.2 cm³/mol. The third-order valence-corrected chi connectivity index (χ3v) is 4.86. The summed E-state index contributed by atoms with van der Waals surface area (Å²) in [6.45, 7) is 0.774. The number of fused-ring (bicyclic) bond motifs is 1. The first-order valence-electron chi connectivity index (χ1n) is 7.73. The number of carbonyl (C=O) groups is 1. The molecule has 1 aliphatic heterocycles. The number of para-hydroxylation sites is 2. The summed E-state index contributed by atoms with van der Waals surface area (Å²) in [5.41, 5.74) is 2.69. The maximum absolute atomic E-state index is 12.8. The molecular weight excluding hydrogens is 354 g/mol. The molecule has 4 rings (SSSR count). The van der Waals surface area contributed by atoms with Crippen molar-refractivity contribution in [3.8, 4) is 0 Å². The van der Waals surface area contributed by atoms with E-state index in [1.807, 2.05) is 53.4 Å². The zero-order valence-corrected chi connectivity index (χ0v) is 14.1. The molecule has 4 nitrogen and oxygen atoms in total. The summed E-state index contributed by atoms with van der Waals surface area (Å²) >= 11 is 3.41. The number of nitrogens with one attached hydrogen (secondary N) is 1. The maximum atomic E-state index is 12.8. The molecule has 1 unspecified atom stereocenters. The molecule has 1 amide bonds. The summed E-state index contributed by atoms with van der Waals surface area (Å²) in [5.74, 6) is 0.953. The van der Waals surface area contributed by atoms with Crippen molar-refractivity contribution >= 4 is 32.9 Å². The van der Waals surface area contributed by atoms with Gasteiger partial charge in [0, 0.05) is 16.6 Å². The number of benzene rings is 2. The van der Waals surface area contributed by atoms with Crippen molar-refractivity contribution in [2.45, 2.75) is 18.9 Å². The van der Waals surface area contributed by atoms with E-state index in [4.69, 9.17) is 0 Å². The van der Waals surface area contributed by atoms with Crippen molar-refractivity contribution in [1.82, 2.24) is 14.9 Å². The van der Waals surface area contributed by atoms with Crippen LogP contribution in [0.25, 0.3) is 11.0 Å². The third kappa shape index (κ3) is 2.65. The highest BCUT2D eigenvalue weighted by molar-refractivity contribution is 9.10. The van der Waals surface area contributed by atoms with Gasteiger partial charge in [-0.15, -0.1) is 0 Å². The molecular formula is C18H16BrN3O. The highest BCUT2D eigenvalue weighted by Gasteiger charge is 2.32. The number of imidazole rings is 1. The number of halogens is 1. The average molecular weight is 370 g/mol. The number of hydrogen-bond acceptors (Lipinski definition) is 2. The number of aromatic nitrogens is 2. The Hall–Kier alpha value is -2.14. The first-order chi connectivity index (χ1) is 11.2. The molecule has 5 heteroatoms. The number of nitrogens with zero attached hydrogens (tertiary/aromatic N) is 2. The monoisotopic (exact) mass is 369 g/mol. The van der Waals surface area contributed by atoms with E-state index in [-0.39, 0.29) is 11.9 Å². The van der Waals surface area contributed by atoms with Gasteiger partial charge in [0.25, 0.3) is 5.91 Å². The van der Waals surface area contributed by atoms with Gasteiger partial charge in [-0.25, -0.2) is 4.98 Å². The van der Waals surface area contributed by atoms with Crippen LogP contribution in [0.4, 0.5) is 0 Å². The van der Waals surface area contributed by atoms with Gasteiger partial charge in [0.15, 0.2) is 0 Å². The fraction of sp³-hybridized carbons (Fsp3) is 0.222. The predicted octanol–water partition coefficient (Wildman–Crippen LogP) is 4.30. The van der Waals surface area contributed by atoms with Crippen LogP contribution in [0, 0.1) is 0 Å². The van der Waals surface area contributed by atoms with E-state index >= 15 is 0 Å². The topological polar surface area (TPSA) is 49.0 Å². The molecule has 116 valence electrons. The lowest BCUT2D eigenvalue weighted by atomic mass is 10.1. The first kappa shape index (κ1) is 14.5. The van der Waals surface area contributed by atoms with Gasteiger partial charge >= 0.3 is 0 Å². The van der Waals surface area contributed by atoms with Crippen LogP contribution in [0.2, 0.25) is 0 Å². The van der Waals surface area contributed by atoms with Gasteiger partial charge in [-0.1, -0.05) is 28.1 Å². The SMILES string of the molecule is O=C(c1ccc(Br)cc1)N1CCCC1c1nc2ccccc2[nH]1. The Kier molecular flexibility index (Phi) is 3.65. The summed E-state index contributed by atoms with van der Waals surface area (Å²) in [6, 6.07) is 15.5. The van der Waals surface area contributed by atoms with Gasteiger partial charge < -0.3 is 9.88 Å². The fourth-order valence-corrected chi connectivity index (χ4v) is 3.45. The van der Waals surface area contributed by atoms with Crippen LogP contribution in [0.15, 0.2) is 53.0 Å². The van der Waals surface area contributed by atoms with Gasteiger partial charge in [-0.2, -0.15) is 0 Å². The van der Waals surface area contributed by atoms with E-state index in [0.29, 0.717) is 0 Å². The Balaban J connectivity index is 1.65. The van der Waals surface area contributed by atoms with Gasteiger partial charge in [-0.3, -0.25) is 4.79 Å².